The van der Waals surface area contributed by atoms with E-state index in [9.17, 15) is 31.1 Å². The van der Waals surface area contributed by atoms with Gasteiger partial charge in [-0.15, -0.1) is 11.3 Å². The predicted molar refractivity (Wildman–Crippen MR) is 139 cm³/mol. The van der Waals surface area contributed by atoms with Gasteiger partial charge in [0.05, 0.1) is 4.88 Å². The molecule has 0 spiro atoms. The summed E-state index contributed by atoms with van der Waals surface area (Å²) in [7, 11) is 0. The fourth-order valence-corrected chi connectivity index (χ4v) is 4.01. The summed E-state index contributed by atoms with van der Waals surface area (Å²) < 4.78 is 63.5. The molecule has 1 aliphatic rings. The number of carbonyl (C=O) groups excluding carboxylic acids is 1. The second-order valence-corrected chi connectivity index (χ2v) is 9.84. The molecule has 3 rings (SSSR count). The van der Waals surface area contributed by atoms with Gasteiger partial charge in [-0.25, -0.2) is 9.59 Å². The number of aliphatic carboxylic acids is 2. The van der Waals surface area contributed by atoms with Crippen LogP contribution in [-0.2, 0) is 9.59 Å². The van der Waals surface area contributed by atoms with Gasteiger partial charge in [-0.2, -0.15) is 26.3 Å². The van der Waals surface area contributed by atoms with Crippen LogP contribution in [0.3, 0.4) is 0 Å². The zero-order chi connectivity index (χ0) is 30.7. The number of rotatable bonds is 6. The van der Waals surface area contributed by atoms with Crippen LogP contribution >= 0.6 is 11.3 Å². The van der Waals surface area contributed by atoms with Crippen molar-refractivity contribution in [3.8, 4) is 0 Å². The fourth-order valence-electron chi connectivity index (χ4n) is 3.39. The average molecular weight is 600 g/mol. The Labute approximate surface area is 231 Å². The Bertz CT molecular complexity index is 1050. The molecule has 40 heavy (non-hydrogen) atoms. The van der Waals surface area contributed by atoms with E-state index in [1.807, 2.05) is 29.6 Å². The van der Waals surface area contributed by atoms with Crippen LogP contribution in [0, 0.1) is 5.92 Å². The van der Waals surface area contributed by atoms with Crippen LogP contribution in [0.5, 0.6) is 0 Å². The number of nitrogens with one attached hydrogen (secondary N) is 1. The molecule has 2 aromatic rings. The summed E-state index contributed by atoms with van der Waals surface area (Å²) in [5.41, 5.74) is 2.07. The standard InChI is InChI=1S/C21H29N3OS.2C2HF3O2/c1-4-16(2)14-23-11-12-24(15-17(23)3)19-9-7-18(8-10-19)22-21(25)20-6-5-13-26-20;2*3-2(4,5)1(6)7/h5-10,13,16-17H,4,11-12,14-15H2,1-3H3,(H,22,25);2*(H,6,7). The largest absolute Gasteiger partial charge is 0.490 e. The minimum absolute atomic E-state index is 0.0416. The quantitative estimate of drug-likeness (QED) is 0.359. The lowest BCUT2D eigenvalue weighted by atomic mass is 10.1. The Kier molecular flexibility index (Phi) is 13.4. The van der Waals surface area contributed by atoms with E-state index >= 15 is 0 Å². The van der Waals surface area contributed by atoms with E-state index in [2.05, 4.69) is 48.0 Å². The highest BCUT2D eigenvalue weighted by Gasteiger charge is 2.38. The lowest BCUT2D eigenvalue weighted by molar-refractivity contribution is -0.193. The maximum atomic E-state index is 12.1. The third-order valence-electron chi connectivity index (χ3n) is 5.73. The zero-order valence-electron chi connectivity index (χ0n) is 21.9. The second kappa shape index (κ2) is 15.5. The van der Waals surface area contributed by atoms with Gasteiger partial charge in [-0.3, -0.25) is 9.69 Å². The van der Waals surface area contributed by atoms with Gasteiger partial charge in [0, 0.05) is 43.6 Å². The molecular weight excluding hydrogens is 568 g/mol. The third kappa shape index (κ3) is 12.2. The number of piperazine rings is 1. The number of halogens is 6. The lowest BCUT2D eigenvalue weighted by Crippen LogP contribution is -2.53. The van der Waals surface area contributed by atoms with Crippen molar-refractivity contribution in [2.75, 3.05) is 36.4 Å². The van der Waals surface area contributed by atoms with E-state index in [1.165, 1.54) is 30.0 Å². The van der Waals surface area contributed by atoms with Gasteiger partial charge in [0.1, 0.15) is 0 Å². The molecule has 0 bridgehead atoms. The summed E-state index contributed by atoms with van der Waals surface area (Å²) in [6.45, 7) is 11.3. The van der Waals surface area contributed by atoms with Crippen molar-refractivity contribution < 1.29 is 50.9 Å². The first kappa shape index (κ1) is 34.7. The molecule has 1 aromatic carbocycles. The third-order valence-corrected chi connectivity index (χ3v) is 6.60. The van der Waals surface area contributed by atoms with Crippen LogP contribution in [0.15, 0.2) is 41.8 Å². The van der Waals surface area contributed by atoms with Crippen LogP contribution in [0.25, 0.3) is 0 Å². The highest BCUT2D eigenvalue weighted by atomic mass is 32.1. The zero-order valence-corrected chi connectivity index (χ0v) is 22.7. The van der Waals surface area contributed by atoms with Gasteiger partial charge in [0.15, 0.2) is 0 Å². The number of carboxylic acid groups (broad SMARTS) is 2. The van der Waals surface area contributed by atoms with Crippen molar-refractivity contribution in [3.63, 3.8) is 0 Å². The van der Waals surface area contributed by atoms with Gasteiger partial charge in [-0.1, -0.05) is 26.3 Å². The molecule has 224 valence electrons. The Morgan fingerprint density at radius 2 is 1.52 bits per heavy atom. The molecule has 1 aliphatic heterocycles. The highest BCUT2D eigenvalue weighted by molar-refractivity contribution is 7.12. The topological polar surface area (TPSA) is 110 Å². The minimum Gasteiger partial charge on any atom is -0.475 e. The Balaban J connectivity index is 0.000000473. The molecule has 1 fully saturated rings. The summed E-state index contributed by atoms with van der Waals surface area (Å²) in [6.07, 6.45) is -8.93. The van der Waals surface area contributed by atoms with Gasteiger partial charge in [0.25, 0.3) is 5.91 Å². The van der Waals surface area contributed by atoms with Gasteiger partial charge in [-0.05, 0) is 48.6 Å². The molecule has 2 heterocycles. The molecule has 1 amide bonds. The van der Waals surface area contributed by atoms with Crippen LogP contribution in [0.2, 0.25) is 0 Å². The van der Waals surface area contributed by atoms with E-state index in [0.717, 1.165) is 36.1 Å². The van der Waals surface area contributed by atoms with E-state index in [1.54, 1.807) is 0 Å². The number of benzene rings is 1. The number of carboxylic acids is 2. The molecule has 2 atom stereocenters. The van der Waals surface area contributed by atoms with Crippen molar-refractivity contribution in [1.82, 2.24) is 4.90 Å². The first-order valence-corrected chi connectivity index (χ1v) is 12.9. The average Bonchev–Trinajstić information content (AvgIpc) is 3.40. The maximum absolute atomic E-state index is 12.1. The van der Waals surface area contributed by atoms with Crippen molar-refractivity contribution in [2.24, 2.45) is 5.92 Å². The minimum atomic E-state index is -5.08. The summed E-state index contributed by atoms with van der Waals surface area (Å²) in [5, 5.41) is 19.1. The van der Waals surface area contributed by atoms with E-state index in [4.69, 9.17) is 19.8 Å². The van der Waals surface area contributed by atoms with Crippen LogP contribution in [0.4, 0.5) is 37.7 Å². The number of carbonyl (C=O) groups is 3. The van der Waals surface area contributed by atoms with Gasteiger partial charge in [0.2, 0.25) is 0 Å². The van der Waals surface area contributed by atoms with Crippen LogP contribution < -0.4 is 10.2 Å². The van der Waals surface area contributed by atoms with Crippen LogP contribution in [-0.4, -0.2) is 77.5 Å². The van der Waals surface area contributed by atoms with Crippen molar-refractivity contribution >= 4 is 40.6 Å². The number of hydrogen-bond acceptors (Lipinski definition) is 6. The molecule has 3 N–H and O–H groups in total. The summed E-state index contributed by atoms with van der Waals surface area (Å²) in [6, 6.07) is 12.5. The first-order chi connectivity index (χ1) is 18.4. The summed E-state index contributed by atoms with van der Waals surface area (Å²) in [4.78, 5) is 35.7. The Morgan fingerprint density at radius 1 is 1.00 bits per heavy atom. The molecule has 2 unspecified atom stereocenters. The lowest BCUT2D eigenvalue weighted by Gasteiger charge is -2.42. The van der Waals surface area contributed by atoms with Gasteiger partial charge >= 0.3 is 24.3 Å². The van der Waals surface area contributed by atoms with Crippen molar-refractivity contribution in [2.45, 2.75) is 45.6 Å². The molecule has 1 saturated heterocycles. The van der Waals surface area contributed by atoms with Crippen molar-refractivity contribution in [1.29, 1.82) is 0 Å². The molecule has 0 radical (unpaired) electrons. The monoisotopic (exact) mass is 599 g/mol. The molecular formula is C25H31F6N3O5S. The summed E-state index contributed by atoms with van der Waals surface area (Å²) in [5.74, 6) is -4.80. The highest BCUT2D eigenvalue weighted by Crippen LogP contribution is 2.23. The van der Waals surface area contributed by atoms with E-state index < -0.39 is 24.3 Å². The summed E-state index contributed by atoms with van der Waals surface area (Å²) >= 11 is 1.46. The van der Waals surface area contributed by atoms with E-state index in [0.29, 0.717) is 6.04 Å². The predicted octanol–water partition coefficient (Wildman–Crippen LogP) is 5.82. The fraction of sp³-hybridized carbons (Fsp3) is 0.480. The second-order valence-electron chi connectivity index (χ2n) is 8.89. The van der Waals surface area contributed by atoms with Gasteiger partial charge < -0.3 is 20.4 Å². The Morgan fingerprint density at radius 3 is 1.93 bits per heavy atom. The first-order valence-electron chi connectivity index (χ1n) is 12.0. The Hall–Kier alpha value is -3.33. The molecule has 1 aromatic heterocycles. The maximum Gasteiger partial charge on any atom is 0.490 e. The molecule has 0 aliphatic carbocycles. The number of anilines is 2. The smallest absolute Gasteiger partial charge is 0.475 e. The van der Waals surface area contributed by atoms with Crippen LogP contribution in [0.1, 0.15) is 36.9 Å². The number of amides is 1. The number of thiophene rings is 1. The number of alkyl halides is 6. The van der Waals surface area contributed by atoms with Crippen molar-refractivity contribution in [3.05, 3.63) is 46.7 Å². The number of hydrogen-bond donors (Lipinski definition) is 3. The molecule has 0 saturated carbocycles. The molecule has 8 nitrogen and oxygen atoms in total. The normalized spacial score (nSPS) is 16.5. The SMILES string of the molecule is CCC(C)CN1CCN(c2ccc(NC(=O)c3cccs3)cc2)CC1C.O=C(O)C(F)(F)F.O=C(O)C(F)(F)F. The van der Waals surface area contributed by atoms with E-state index in [-0.39, 0.29) is 5.91 Å². The molecule has 15 heteroatoms. The number of nitrogens with zero attached hydrogens (tertiary/aromatic N) is 2.